The van der Waals surface area contributed by atoms with E-state index >= 15 is 0 Å². The zero-order chi connectivity index (χ0) is 24.3. The third-order valence-corrected chi connectivity index (χ3v) is 6.01. The number of ketones is 1. The second-order valence-electron chi connectivity index (χ2n) is 9.65. The third kappa shape index (κ3) is 4.97. The van der Waals surface area contributed by atoms with E-state index in [-0.39, 0.29) is 16.7 Å². The van der Waals surface area contributed by atoms with Crippen molar-refractivity contribution >= 4 is 17.4 Å². The van der Waals surface area contributed by atoms with Crippen LogP contribution in [0, 0.1) is 6.92 Å². The molecule has 2 aromatic carbocycles. The predicted octanol–water partition coefficient (Wildman–Crippen LogP) is 5.91. The molecular formula is C28H35NO4. The number of hydrogen-bond donors (Lipinski definition) is 1. The normalized spacial score (nSPS) is 18.1. The van der Waals surface area contributed by atoms with E-state index < -0.39 is 17.7 Å². The zero-order valence-corrected chi connectivity index (χ0v) is 20.6. The van der Waals surface area contributed by atoms with Crippen LogP contribution in [0.1, 0.15) is 75.8 Å². The van der Waals surface area contributed by atoms with Gasteiger partial charge >= 0.3 is 0 Å². The van der Waals surface area contributed by atoms with Crippen LogP contribution in [0.5, 0.6) is 5.75 Å². The Morgan fingerprint density at radius 3 is 2.42 bits per heavy atom. The van der Waals surface area contributed by atoms with Crippen LogP contribution >= 0.6 is 0 Å². The number of carbonyl (C=O) groups is 2. The number of carbonyl (C=O) groups excluding carboxylic acids is 2. The largest absolute Gasteiger partial charge is 0.507 e. The van der Waals surface area contributed by atoms with Gasteiger partial charge in [0.05, 0.1) is 18.2 Å². The van der Waals surface area contributed by atoms with E-state index in [0.717, 1.165) is 35.3 Å². The first kappa shape index (κ1) is 24.6. The van der Waals surface area contributed by atoms with Crippen LogP contribution < -0.4 is 4.74 Å². The quantitative estimate of drug-likeness (QED) is 0.324. The van der Waals surface area contributed by atoms with Crippen LogP contribution in [-0.2, 0) is 15.0 Å². The second-order valence-corrected chi connectivity index (χ2v) is 9.65. The summed E-state index contributed by atoms with van der Waals surface area (Å²) in [6, 6.07) is 12.6. The van der Waals surface area contributed by atoms with E-state index in [1.165, 1.54) is 0 Å². The Labute approximate surface area is 197 Å². The lowest BCUT2D eigenvalue weighted by Crippen LogP contribution is -2.30. The average molecular weight is 450 g/mol. The van der Waals surface area contributed by atoms with Crippen molar-refractivity contribution in [3.63, 3.8) is 0 Å². The van der Waals surface area contributed by atoms with Crippen molar-refractivity contribution in [3.05, 3.63) is 70.3 Å². The summed E-state index contributed by atoms with van der Waals surface area (Å²) in [7, 11) is 0. The van der Waals surface area contributed by atoms with Gasteiger partial charge in [-0.05, 0) is 49.4 Å². The Morgan fingerprint density at radius 2 is 1.82 bits per heavy atom. The van der Waals surface area contributed by atoms with Crippen molar-refractivity contribution in [2.24, 2.45) is 0 Å². The number of nitrogens with zero attached hydrogens (tertiary/aromatic N) is 1. The summed E-state index contributed by atoms with van der Waals surface area (Å²) in [5.74, 6) is -0.590. The highest BCUT2D eigenvalue weighted by molar-refractivity contribution is 6.46. The fourth-order valence-corrected chi connectivity index (χ4v) is 4.33. The number of rotatable bonds is 7. The molecule has 1 unspecified atom stereocenters. The Bertz CT molecular complexity index is 1080. The van der Waals surface area contributed by atoms with Crippen molar-refractivity contribution < 1.29 is 19.4 Å². The standard InChI is InChI=1S/C28H35NO4/c1-7-9-15-29-24(19-12-10-11-18(3)16-19)23(26(31)27(29)32)25(30)20-13-14-22(33-8-2)21(17-20)28(4,5)6/h10-14,16-17,24,30H,7-9,15H2,1-6H3/b25-23-. The predicted molar refractivity (Wildman–Crippen MR) is 131 cm³/mol. The van der Waals surface area contributed by atoms with E-state index in [9.17, 15) is 14.7 Å². The van der Waals surface area contributed by atoms with Gasteiger partial charge in [0.15, 0.2) is 0 Å². The van der Waals surface area contributed by atoms with E-state index in [4.69, 9.17) is 4.74 Å². The van der Waals surface area contributed by atoms with Gasteiger partial charge in [-0.1, -0.05) is 63.9 Å². The van der Waals surface area contributed by atoms with Crippen LogP contribution in [0.4, 0.5) is 0 Å². The molecule has 1 amide bonds. The number of benzene rings is 2. The highest BCUT2D eigenvalue weighted by Gasteiger charge is 2.45. The lowest BCUT2D eigenvalue weighted by molar-refractivity contribution is -0.139. The molecule has 1 aliphatic rings. The van der Waals surface area contributed by atoms with Gasteiger partial charge in [0.1, 0.15) is 11.5 Å². The van der Waals surface area contributed by atoms with Crippen LogP contribution in [0.2, 0.25) is 0 Å². The van der Waals surface area contributed by atoms with E-state index in [1.807, 2.05) is 57.2 Å². The molecule has 1 saturated heterocycles. The molecule has 0 aliphatic carbocycles. The molecule has 1 atom stereocenters. The van der Waals surface area contributed by atoms with Crippen LogP contribution in [0.3, 0.4) is 0 Å². The Balaban J connectivity index is 2.21. The first-order chi connectivity index (χ1) is 15.6. The number of unbranched alkanes of at least 4 members (excludes halogenated alkanes) is 1. The number of Topliss-reactive ketones (excluding diaryl/α,β-unsaturated/α-hetero) is 1. The molecule has 2 aromatic rings. The first-order valence-electron chi connectivity index (χ1n) is 11.7. The van der Waals surface area contributed by atoms with Crippen molar-refractivity contribution in [2.45, 2.75) is 65.8 Å². The molecule has 0 saturated carbocycles. The van der Waals surface area contributed by atoms with E-state index in [2.05, 4.69) is 20.8 Å². The van der Waals surface area contributed by atoms with Crippen molar-refractivity contribution in [1.29, 1.82) is 0 Å². The number of likely N-dealkylation sites (tertiary alicyclic amines) is 1. The van der Waals surface area contributed by atoms with Gasteiger partial charge in [-0.3, -0.25) is 9.59 Å². The minimum Gasteiger partial charge on any atom is -0.507 e. The first-order valence-corrected chi connectivity index (χ1v) is 11.7. The molecular weight excluding hydrogens is 414 g/mol. The van der Waals surface area contributed by atoms with Crippen LogP contribution in [0.15, 0.2) is 48.0 Å². The van der Waals surface area contributed by atoms with Gasteiger partial charge in [-0.25, -0.2) is 0 Å². The number of hydrogen-bond acceptors (Lipinski definition) is 4. The maximum absolute atomic E-state index is 13.2. The van der Waals surface area contributed by atoms with Crippen LogP contribution in [0.25, 0.3) is 5.76 Å². The summed E-state index contributed by atoms with van der Waals surface area (Å²) in [4.78, 5) is 27.8. The number of ether oxygens (including phenoxy) is 1. The summed E-state index contributed by atoms with van der Waals surface area (Å²) < 4.78 is 5.80. The van der Waals surface area contributed by atoms with Gasteiger partial charge in [0.2, 0.25) is 0 Å². The van der Waals surface area contributed by atoms with Gasteiger partial charge in [-0.15, -0.1) is 0 Å². The molecule has 1 aliphatic heterocycles. The highest BCUT2D eigenvalue weighted by Crippen LogP contribution is 2.41. The molecule has 1 fully saturated rings. The monoisotopic (exact) mass is 449 g/mol. The summed E-state index contributed by atoms with van der Waals surface area (Å²) in [6.45, 7) is 13.2. The molecule has 3 rings (SSSR count). The number of aliphatic hydroxyl groups excluding tert-OH is 1. The molecule has 5 heteroatoms. The number of aryl methyl sites for hydroxylation is 1. The zero-order valence-electron chi connectivity index (χ0n) is 20.6. The molecule has 0 radical (unpaired) electrons. The summed E-state index contributed by atoms with van der Waals surface area (Å²) >= 11 is 0. The van der Waals surface area contributed by atoms with Gasteiger partial charge in [-0.2, -0.15) is 0 Å². The van der Waals surface area contributed by atoms with Gasteiger partial charge < -0.3 is 14.7 Å². The summed E-state index contributed by atoms with van der Waals surface area (Å²) in [5, 5.41) is 11.4. The fourth-order valence-electron chi connectivity index (χ4n) is 4.33. The molecule has 33 heavy (non-hydrogen) atoms. The Kier molecular flexibility index (Phi) is 7.31. The summed E-state index contributed by atoms with van der Waals surface area (Å²) in [5.41, 5.74) is 3.21. The summed E-state index contributed by atoms with van der Waals surface area (Å²) in [6.07, 6.45) is 1.68. The minimum atomic E-state index is -0.638. The lowest BCUT2D eigenvalue weighted by Gasteiger charge is -2.26. The number of amides is 1. The molecule has 1 N–H and O–H groups in total. The molecule has 1 heterocycles. The SMILES string of the molecule is CCCCN1C(=O)C(=O)/C(=C(\O)c2ccc(OCC)c(C(C)(C)C)c2)C1c1cccc(C)c1. The Hall–Kier alpha value is -3.08. The number of aliphatic hydroxyl groups is 1. The van der Waals surface area contributed by atoms with Crippen molar-refractivity contribution in [1.82, 2.24) is 4.90 Å². The smallest absolute Gasteiger partial charge is 0.295 e. The van der Waals surface area contributed by atoms with Crippen molar-refractivity contribution in [2.75, 3.05) is 13.2 Å². The maximum atomic E-state index is 13.2. The fraction of sp³-hybridized carbons (Fsp3) is 0.429. The third-order valence-electron chi connectivity index (χ3n) is 6.01. The topological polar surface area (TPSA) is 66.8 Å². The average Bonchev–Trinajstić information content (AvgIpc) is 3.01. The molecule has 0 bridgehead atoms. The van der Waals surface area contributed by atoms with Crippen molar-refractivity contribution in [3.8, 4) is 5.75 Å². The van der Waals surface area contributed by atoms with E-state index in [1.54, 1.807) is 11.0 Å². The van der Waals surface area contributed by atoms with Gasteiger partial charge in [0, 0.05) is 17.7 Å². The molecule has 5 nitrogen and oxygen atoms in total. The van der Waals surface area contributed by atoms with Gasteiger partial charge in [0.25, 0.3) is 11.7 Å². The Morgan fingerprint density at radius 1 is 1.09 bits per heavy atom. The maximum Gasteiger partial charge on any atom is 0.295 e. The van der Waals surface area contributed by atoms with E-state index in [0.29, 0.717) is 18.7 Å². The second kappa shape index (κ2) is 9.82. The minimum absolute atomic E-state index is 0.144. The molecule has 176 valence electrons. The molecule has 0 aromatic heterocycles. The molecule has 0 spiro atoms. The lowest BCUT2D eigenvalue weighted by atomic mass is 9.84. The highest BCUT2D eigenvalue weighted by atomic mass is 16.5. The van der Waals surface area contributed by atoms with Crippen LogP contribution in [-0.4, -0.2) is 34.8 Å².